The van der Waals surface area contributed by atoms with Crippen molar-refractivity contribution in [2.45, 2.75) is 19.5 Å². The average Bonchev–Trinajstić information content (AvgIpc) is 2.85. The summed E-state index contributed by atoms with van der Waals surface area (Å²) in [7, 11) is 1.71. The van der Waals surface area contributed by atoms with Crippen molar-refractivity contribution in [2.75, 3.05) is 26.9 Å². The van der Waals surface area contributed by atoms with Gasteiger partial charge in [-0.3, -0.25) is 0 Å². The Bertz CT molecular complexity index is 508. The van der Waals surface area contributed by atoms with Gasteiger partial charge in [-0.05, 0) is 23.4 Å². The second kappa shape index (κ2) is 7.28. The minimum absolute atomic E-state index is 0.230. The highest BCUT2D eigenvalue weighted by Crippen LogP contribution is 2.20. The number of aryl methyl sites for hydroxylation is 1. The minimum atomic E-state index is 0.230. The van der Waals surface area contributed by atoms with Crippen LogP contribution in [0.3, 0.4) is 0 Å². The second-order valence-corrected chi connectivity index (χ2v) is 4.61. The fraction of sp³-hybridized carbons (Fsp3) is 0.467. The summed E-state index contributed by atoms with van der Waals surface area (Å²) in [5, 5.41) is 13.6. The highest BCUT2D eigenvalue weighted by Gasteiger charge is 2.06. The first-order valence-corrected chi connectivity index (χ1v) is 6.74. The predicted molar refractivity (Wildman–Crippen MR) is 77.2 cm³/mol. The van der Waals surface area contributed by atoms with Crippen LogP contribution in [0.2, 0.25) is 0 Å². The maximum Gasteiger partial charge on any atom is 0.0587 e. The van der Waals surface area contributed by atoms with Crippen molar-refractivity contribution in [3.05, 3.63) is 36.0 Å². The van der Waals surface area contributed by atoms with E-state index in [1.165, 1.54) is 16.5 Å². The molecule has 0 radical (unpaired) electrons. The van der Waals surface area contributed by atoms with Gasteiger partial charge in [-0.15, -0.1) is 0 Å². The molecule has 0 aliphatic heterocycles. The second-order valence-electron chi connectivity index (χ2n) is 4.61. The third kappa shape index (κ3) is 3.56. The molecule has 0 fully saturated rings. The molecule has 2 aromatic rings. The standard InChI is InChI=1S/C15H22N2O2/c1-19-11-7-16-12-14-5-2-4-13-6-9-17(15(13)14)8-3-10-18/h2,4-6,9,16,18H,3,7-8,10-12H2,1H3. The summed E-state index contributed by atoms with van der Waals surface area (Å²) in [5.41, 5.74) is 2.55. The maximum atomic E-state index is 8.97. The fourth-order valence-electron chi connectivity index (χ4n) is 2.31. The van der Waals surface area contributed by atoms with E-state index in [-0.39, 0.29) is 6.61 Å². The van der Waals surface area contributed by atoms with Crippen LogP contribution >= 0.6 is 0 Å². The summed E-state index contributed by atoms with van der Waals surface area (Å²) in [6, 6.07) is 8.50. The molecule has 1 aromatic carbocycles. The molecule has 2 rings (SSSR count). The van der Waals surface area contributed by atoms with E-state index in [9.17, 15) is 0 Å². The monoisotopic (exact) mass is 262 g/mol. The average molecular weight is 262 g/mol. The van der Waals surface area contributed by atoms with Crippen molar-refractivity contribution < 1.29 is 9.84 Å². The van der Waals surface area contributed by atoms with Crippen LogP contribution in [0, 0.1) is 0 Å². The lowest BCUT2D eigenvalue weighted by molar-refractivity contribution is 0.199. The summed E-state index contributed by atoms with van der Waals surface area (Å²) in [6.07, 6.45) is 2.88. The van der Waals surface area contributed by atoms with Crippen LogP contribution in [0.25, 0.3) is 10.9 Å². The van der Waals surface area contributed by atoms with Crippen molar-refractivity contribution in [3.8, 4) is 0 Å². The Labute approximate surface area is 114 Å². The molecule has 0 aliphatic carbocycles. The fourth-order valence-corrected chi connectivity index (χ4v) is 2.31. The number of ether oxygens (including phenoxy) is 1. The van der Waals surface area contributed by atoms with Gasteiger partial charge in [-0.2, -0.15) is 0 Å². The third-order valence-corrected chi connectivity index (χ3v) is 3.23. The van der Waals surface area contributed by atoms with Gasteiger partial charge in [0, 0.05) is 39.5 Å². The molecule has 0 amide bonds. The highest BCUT2D eigenvalue weighted by atomic mass is 16.5. The van der Waals surface area contributed by atoms with Gasteiger partial charge >= 0.3 is 0 Å². The van der Waals surface area contributed by atoms with Crippen molar-refractivity contribution in [2.24, 2.45) is 0 Å². The topological polar surface area (TPSA) is 46.4 Å². The minimum Gasteiger partial charge on any atom is -0.396 e. The van der Waals surface area contributed by atoms with E-state index in [1.807, 2.05) is 0 Å². The van der Waals surface area contributed by atoms with E-state index in [1.54, 1.807) is 7.11 Å². The summed E-state index contributed by atoms with van der Waals surface area (Å²) in [5.74, 6) is 0. The molecular weight excluding hydrogens is 240 g/mol. The van der Waals surface area contributed by atoms with Gasteiger partial charge in [0.05, 0.1) is 12.1 Å². The molecule has 0 bridgehead atoms. The lowest BCUT2D eigenvalue weighted by Gasteiger charge is -2.10. The van der Waals surface area contributed by atoms with E-state index >= 15 is 0 Å². The number of fused-ring (bicyclic) bond motifs is 1. The molecule has 19 heavy (non-hydrogen) atoms. The zero-order chi connectivity index (χ0) is 13.5. The molecule has 0 saturated carbocycles. The molecular formula is C15H22N2O2. The zero-order valence-corrected chi connectivity index (χ0v) is 11.4. The van der Waals surface area contributed by atoms with Gasteiger partial charge in [0.1, 0.15) is 0 Å². The molecule has 0 unspecified atom stereocenters. The number of nitrogens with one attached hydrogen (secondary N) is 1. The Balaban J connectivity index is 2.14. The molecule has 2 N–H and O–H groups in total. The number of aromatic nitrogens is 1. The van der Waals surface area contributed by atoms with Crippen LogP contribution < -0.4 is 5.32 Å². The number of benzene rings is 1. The van der Waals surface area contributed by atoms with E-state index < -0.39 is 0 Å². The van der Waals surface area contributed by atoms with E-state index in [4.69, 9.17) is 9.84 Å². The van der Waals surface area contributed by atoms with Crippen molar-refractivity contribution in [3.63, 3.8) is 0 Å². The van der Waals surface area contributed by atoms with Gasteiger partial charge in [-0.25, -0.2) is 0 Å². The molecule has 0 aliphatic rings. The Kier molecular flexibility index (Phi) is 5.39. The summed E-state index contributed by atoms with van der Waals surface area (Å²) in [6.45, 7) is 3.50. The Morgan fingerprint density at radius 1 is 1.32 bits per heavy atom. The van der Waals surface area contributed by atoms with Crippen LogP contribution in [0.1, 0.15) is 12.0 Å². The first kappa shape index (κ1) is 14.1. The van der Waals surface area contributed by atoms with Crippen LogP contribution in [0.5, 0.6) is 0 Å². The van der Waals surface area contributed by atoms with Gasteiger partial charge < -0.3 is 19.7 Å². The number of rotatable bonds is 8. The van der Waals surface area contributed by atoms with E-state index in [0.29, 0.717) is 0 Å². The van der Waals surface area contributed by atoms with Crippen molar-refractivity contribution >= 4 is 10.9 Å². The van der Waals surface area contributed by atoms with Gasteiger partial charge in [0.15, 0.2) is 0 Å². The van der Waals surface area contributed by atoms with E-state index in [2.05, 4.69) is 40.3 Å². The molecule has 0 spiro atoms. The van der Waals surface area contributed by atoms with Crippen LogP contribution in [0.4, 0.5) is 0 Å². The summed E-state index contributed by atoms with van der Waals surface area (Å²) < 4.78 is 7.25. The molecule has 104 valence electrons. The number of aliphatic hydroxyl groups is 1. The van der Waals surface area contributed by atoms with Gasteiger partial charge in [0.2, 0.25) is 0 Å². The number of methoxy groups -OCH3 is 1. The lowest BCUT2D eigenvalue weighted by Crippen LogP contribution is -2.19. The van der Waals surface area contributed by atoms with Gasteiger partial charge in [0.25, 0.3) is 0 Å². The number of hydrogen-bond donors (Lipinski definition) is 2. The normalized spacial score (nSPS) is 11.3. The quantitative estimate of drug-likeness (QED) is 0.713. The lowest BCUT2D eigenvalue weighted by atomic mass is 10.1. The molecule has 4 nitrogen and oxygen atoms in total. The number of para-hydroxylation sites is 1. The van der Waals surface area contributed by atoms with Crippen molar-refractivity contribution in [1.82, 2.24) is 9.88 Å². The van der Waals surface area contributed by atoms with Crippen LogP contribution in [-0.4, -0.2) is 36.5 Å². The van der Waals surface area contributed by atoms with Crippen molar-refractivity contribution in [1.29, 1.82) is 0 Å². The maximum absolute atomic E-state index is 8.97. The smallest absolute Gasteiger partial charge is 0.0587 e. The van der Waals surface area contributed by atoms with Crippen LogP contribution in [-0.2, 0) is 17.8 Å². The largest absolute Gasteiger partial charge is 0.396 e. The molecule has 1 heterocycles. The molecule has 0 saturated heterocycles. The summed E-state index contributed by atoms with van der Waals surface area (Å²) in [4.78, 5) is 0. The van der Waals surface area contributed by atoms with Gasteiger partial charge in [-0.1, -0.05) is 18.2 Å². The number of hydrogen-bond acceptors (Lipinski definition) is 3. The first-order valence-electron chi connectivity index (χ1n) is 6.74. The highest BCUT2D eigenvalue weighted by molar-refractivity contribution is 5.83. The van der Waals surface area contributed by atoms with E-state index in [0.717, 1.165) is 32.7 Å². The molecule has 0 atom stereocenters. The number of nitrogens with zero attached hydrogens (tertiary/aromatic N) is 1. The summed E-state index contributed by atoms with van der Waals surface area (Å²) >= 11 is 0. The Hall–Kier alpha value is -1.36. The Morgan fingerprint density at radius 2 is 2.21 bits per heavy atom. The number of aliphatic hydroxyl groups excluding tert-OH is 1. The third-order valence-electron chi connectivity index (χ3n) is 3.23. The first-order chi connectivity index (χ1) is 9.36. The molecule has 4 heteroatoms. The molecule has 1 aromatic heterocycles. The Morgan fingerprint density at radius 3 is 3.00 bits per heavy atom. The SMILES string of the molecule is COCCNCc1cccc2ccn(CCCO)c12. The van der Waals surface area contributed by atoms with Crippen LogP contribution in [0.15, 0.2) is 30.5 Å². The predicted octanol–water partition coefficient (Wildman–Crippen LogP) is 1.76. The zero-order valence-electron chi connectivity index (χ0n) is 11.4.